The molecule has 0 amide bonds. The summed E-state index contributed by atoms with van der Waals surface area (Å²) < 4.78 is 54.5. The van der Waals surface area contributed by atoms with E-state index >= 15 is 0 Å². The standard InChI is InChI=1S/C21H35N3O4S2/c1-2-14-24(17-18-29(25,26)23-15-12-22-13-16-23)30(27,28)21-10-8-20(9-11-21)19-6-4-3-5-7-19/h8-11,19,22H,2-7,12-18H2,1H3. The van der Waals surface area contributed by atoms with Crippen LogP contribution >= 0.6 is 0 Å². The van der Waals surface area contributed by atoms with Crippen molar-refractivity contribution in [2.24, 2.45) is 0 Å². The monoisotopic (exact) mass is 457 g/mol. The molecule has 30 heavy (non-hydrogen) atoms. The highest BCUT2D eigenvalue weighted by Gasteiger charge is 2.29. The van der Waals surface area contributed by atoms with E-state index in [4.69, 9.17) is 0 Å². The van der Waals surface area contributed by atoms with Gasteiger partial charge in [-0.2, -0.15) is 8.61 Å². The van der Waals surface area contributed by atoms with Crippen LogP contribution in [0.3, 0.4) is 0 Å². The van der Waals surface area contributed by atoms with Crippen molar-refractivity contribution in [1.82, 2.24) is 13.9 Å². The first-order valence-corrected chi connectivity index (χ1v) is 14.2. The minimum absolute atomic E-state index is 0.0210. The second-order valence-corrected chi connectivity index (χ2v) is 12.3. The zero-order valence-electron chi connectivity index (χ0n) is 17.9. The van der Waals surface area contributed by atoms with E-state index in [1.165, 1.54) is 33.4 Å². The molecule has 170 valence electrons. The number of rotatable bonds is 9. The molecule has 0 bridgehead atoms. The van der Waals surface area contributed by atoms with Crippen molar-refractivity contribution < 1.29 is 16.8 Å². The fraction of sp³-hybridized carbons (Fsp3) is 0.714. The first kappa shape index (κ1) is 23.7. The van der Waals surface area contributed by atoms with Gasteiger partial charge in [0.1, 0.15) is 0 Å². The van der Waals surface area contributed by atoms with Crippen molar-refractivity contribution in [3.05, 3.63) is 29.8 Å². The van der Waals surface area contributed by atoms with Gasteiger partial charge >= 0.3 is 0 Å². The highest BCUT2D eigenvalue weighted by molar-refractivity contribution is 7.90. The maximum absolute atomic E-state index is 13.2. The predicted molar refractivity (Wildman–Crippen MR) is 120 cm³/mol. The largest absolute Gasteiger partial charge is 0.314 e. The molecule has 1 heterocycles. The third-order valence-corrected chi connectivity index (χ3v) is 9.90. The molecule has 0 unspecified atom stereocenters. The Bertz CT molecular complexity index is 873. The number of piperazine rings is 1. The molecule has 1 saturated carbocycles. The summed E-state index contributed by atoms with van der Waals surface area (Å²) in [5, 5.41) is 3.13. The van der Waals surface area contributed by atoms with Gasteiger partial charge in [-0.3, -0.25) is 0 Å². The molecule has 0 atom stereocenters. The lowest BCUT2D eigenvalue weighted by Crippen LogP contribution is -2.48. The van der Waals surface area contributed by atoms with Gasteiger partial charge in [0.2, 0.25) is 20.0 Å². The van der Waals surface area contributed by atoms with Gasteiger partial charge < -0.3 is 5.32 Å². The molecular weight excluding hydrogens is 422 g/mol. The molecule has 9 heteroatoms. The topological polar surface area (TPSA) is 86.8 Å². The van der Waals surface area contributed by atoms with Gasteiger partial charge in [0, 0.05) is 39.3 Å². The zero-order chi connectivity index (χ0) is 21.6. The fourth-order valence-corrected chi connectivity index (χ4v) is 7.46. The van der Waals surface area contributed by atoms with E-state index in [-0.39, 0.29) is 17.2 Å². The van der Waals surface area contributed by atoms with E-state index in [9.17, 15) is 16.8 Å². The Morgan fingerprint density at radius 1 is 0.967 bits per heavy atom. The van der Waals surface area contributed by atoms with Crippen molar-refractivity contribution in [2.45, 2.75) is 56.3 Å². The second kappa shape index (κ2) is 10.5. The number of hydrogen-bond donors (Lipinski definition) is 1. The summed E-state index contributed by atoms with van der Waals surface area (Å²) in [7, 11) is -7.20. The molecule has 1 aliphatic carbocycles. The first-order valence-electron chi connectivity index (χ1n) is 11.1. The van der Waals surface area contributed by atoms with Crippen LogP contribution in [0.2, 0.25) is 0 Å². The van der Waals surface area contributed by atoms with Crippen LogP contribution in [0.25, 0.3) is 0 Å². The summed E-state index contributed by atoms with van der Waals surface area (Å²) in [4.78, 5) is 0.245. The van der Waals surface area contributed by atoms with Gasteiger partial charge in [0.15, 0.2) is 0 Å². The van der Waals surface area contributed by atoms with E-state index in [1.807, 2.05) is 19.1 Å². The molecule has 1 aromatic rings. The maximum atomic E-state index is 13.2. The first-order chi connectivity index (χ1) is 14.3. The maximum Gasteiger partial charge on any atom is 0.243 e. The second-order valence-electron chi connectivity index (χ2n) is 8.27. The van der Waals surface area contributed by atoms with Crippen molar-refractivity contribution in [2.75, 3.05) is 45.0 Å². The molecular formula is C21H35N3O4S2. The molecule has 1 aromatic carbocycles. The number of nitrogens with zero attached hydrogens (tertiary/aromatic N) is 2. The highest BCUT2D eigenvalue weighted by atomic mass is 32.2. The van der Waals surface area contributed by atoms with Crippen molar-refractivity contribution in [3.8, 4) is 0 Å². The smallest absolute Gasteiger partial charge is 0.243 e. The lowest BCUT2D eigenvalue weighted by Gasteiger charge is -2.28. The Labute approximate surface area is 181 Å². The average Bonchev–Trinajstić information content (AvgIpc) is 2.78. The van der Waals surface area contributed by atoms with Crippen LogP contribution in [-0.4, -0.2) is 70.5 Å². The van der Waals surface area contributed by atoms with Crippen LogP contribution in [0.4, 0.5) is 0 Å². The van der Waals surface area contributed by atoms with Crippen LogP contribution in [0.1, 0.15) is 56.9 Å². The highest BCUT2D eigenvalue weighted by Crippen LogP contribution is 2.33. The van der Waals surface area contributed by atoms with Crippen LogP contribution in [-0.2, 0) is 20.0 Å². The van der Waals surface area contributed by atoms with Crippen LogP contribution in [0.15, 0.2) is 29.2 Å². The predicted octanol–water partition coefficient (Wildman–Crippen LogP) is 2.37. The molecule has 2 fully saturated rings. The summed E-state index contributed by atoms with van der Waals surface area (Å²) in [5.41, 5.74) is 1.21. The molecule has 2 aliphatic rings. The van der Waals surface area contributed by atoms with Crippen molar-refractivity contribution >= 4 is 20.0 Å². The Hall–Kier alpha value is -1.00. The minimum atomic E-state index is -3.73. The summed E-state index contributed by atoms with van der Waals surface area (Å²) in [5.74, 6) is 0.332. The number of sulfonamides is 2. The molecule has 0 spiro atoms. The summed E-state index contributed by atoms with van der Waals surface area (Å²) in [6.07, 6.45) is 6.71. The van der Waals surface area contributed by atoms with Crippen LogP contribution in [0, 0.1) is 0 Å². The van der Waals surface area contributed by atoms with Gasteiger partial charge in [-0.05, 0) is 42.9 Å². The molecule has 7 nitrogen and oxygen atoms in total. The Balaban J connectivity index is 1.70. The van der Waals surface area contributed by atoms with Crippen LogP contribution in [0.5, 0.6) is 0 Å². The SMILES string of the molecule is CCCN(CCS(=O)(=O)N1CCNCC1)S(=O)(=O)c1ccc(C2CCCCC2)cc1. The number of nitrogens with one attached hydrogen (secondary N) is 1. The quantitative estimate of drug-likeness (QED) is 0.615. The van der Waals surface area contributed by atoms with E-state index in [0.717, 1.165) is 12.8 Å². The summed E-state index contributed by atoms with van der Waals surface area (Å²) in [6, 6.07) is 7.24. The van der Waals surface area contributed by atoms with Gasteiger partial charge in [-0.25, -0.2) is 16.8 Å². The number of benzene rings is 1. The van der Waals surface area contributed by atoms with E-state index in [1.54, 1.807) is 12.1 Å². The Morgan fingerprint density at radius 3 is 2.20 bits per heavy atom. The van der Waals surface area contributed by atoms with Gasteiger partial charge in [-0.1, -0.05) is 38.3 Å². The van der Waals surface area contributed by atoms with E-state index in [0.29, 0.717) is 45.1 Å². The minimum Gasteiger partial charge on any atom is -0.314 e. The van der Waals surface area contributed by atoms with Crippen LogP contribution < -0.4 is 5.32 Å². The van der Waals surface area contributed by atoms with Crippen molar-refractivity contribution in [1.29, 1.82) is 0 Å². The number of hydrogen-bond acceptors (Lipinski definition) is 5. The normalized spacial score (nSPS) is 19.9. The average molecular weight is 458 g/mol. The van der Waals surface area contributed by atoms with Gasteiger partial charge in [0.05, 0.1) is 10.6 Å². The molecule has 1 aliphatic heterocycles. The van der Waals surface area contributed by atoms with Gasteiger partial charge in [0.25, 0.3) is 0 Å². The molecule has 1 saturated heterocycles. The Morgan fingerprint density at radius 2 is 1.60 bits per heavy atom. The van der Waals surface area contributed by atoms with Gasteiger partial charge in [-0.15, -0.1) is 0 Å². The molecule has 0 radical (unpaired) electrons. The molecule has 1 N–H and O–H groups in total. The van der Waals surface area contributed by atoms with E-state index in [2.05, 4.69) is 5.32 Å². The molecule has 0 aromatic heterocycles. The Kier molecular flexibility index (Phi) is 8.31. The third kappa shape index (κ3) is 5.82. The lowest BCUT2D eigenvalue weighted by atomic mass is 9.84. The third-order valence-electron chi connectivity index (χ3n) is 6.14. The summed E-state index contributed by atoms with van der Waals surface area (Å²) >= 11 is 0. The summed E-state index contributed by atoms with van der Waals surface area (Å²) in [6.45, 7) is 4.32. The van der Waals surface area contributed by atoms with Crippen molar-refractivity contribution in [3.63, 3.8) is 0 Å². The lowest BCUT2D eigenvalue weighted by molar-refractivity contribution is 0.356. The fourth-order valence-electron chi connectivity index (χ4n) is 4.37. The molecule has 3 rings (SSSR count). The zero-order valence-corrected chi connectivity index (χ0v) is 19.6. The van der Waals surface area contributed by atoms with E-state index < -0.39 is 20.0 Å².